The fourth-order valence-electron chi connectivity index (χ4n) is 1.61. The molecule has 0 unspecified atom stereocenters. The molecule has 3 aromatic rings. The molecule has 4 heteroatoms. The summed E-state index contributed by atoms with van der Waals surface area (Å²) in [6, 6.07) is 5.81. The van der Waals surface area contributed by atoms with Crippen molar-refractivity contribution in [1.82, 2.24) is 9.38 Å². The van der Waals surface area contributed by atoms with Crippen LogP contribution in [0.5, 0.6) is 0 Å². The molecule has 0 fully saturated rings. The van der Waals surface area contributed by atoms with E-state index in [1.165, 1.54) is 0 Å². The van der Waals surface area contributed by atoms with E-state index in [9.17, 15) is 0 Å². The zero-order valence-corrected chi connectivity index (χ0v) is 7.69. The third-order valence-electron chi connectivity index (χ3n) is 2.42. The van der Waals surface area contributed by atoms with E-state index in [0.29, 0.717) is 5.88 Å². The number of imidazole rings is 1. The number of rotatable bonds is 0. The van der Waals surface area contributed by atoms with Gasteiger partial charge in [-0.15, -0.1) is 0 Å². The second kappa shape index (κ2) is 2.29. The minimum Gasteiger partial charge on any atom is -0.422 e. The highest BCUT2D eigenvalue weighted by atomic mass is 16.4. The Labute approximate surface area is 80.0 Å². The molecule has 0 aliphatic heterocycles. The average Bonchev–Trinajstić information content (AvgIpc) is 2.67. The summed E-state index contributed by atoms with van der Waals surface area (Å²) in [7, 11) is 0. The number of nitrogens with zero attached hydrogens (tertiary/aromatic N) is 2. The first-order valence-corrected chi connectivity index (χ1v) is 4.39. The standard InChI is InChI=1S/C10H9N3O/c1-6-8-10(14-9(6)11)13-5-3-2-4-7(13)12-8/h2-5H,11H2,1H3. The number of furan rings is 1. The van der Waals surface area contributed by atoms with Gasteiger partial charge in [0.25, 0.3) is 0 Å². The summed E-state index contributed by atoms with van der Waals surface area (Å²) in [6.07, 6.45) is 1.91. The van der Waals surface area contributed by atoms with Gasteiger partial charge in [-0.1, -0.05) is 6.07 Å². The van der Waals surface area contributed by atoms with Crippen molar-refractivity contribution >= 4 is 22.8 Å². The molecule has 14 heavy (non-hydrogen) atoms. The minimum atomic E-state index is 0.445. The van der Waals surface area contributed by atoms with Crippen LogP contribution in [0.2, 0.25) is 0 Å². The Bertz CT molecular complexity index is 621. The van der Waals surface area contributed by atoms with Gasteiger partial charge in [-0.25, -0.2) is 4.98 Å². The van der Waals surface area contributed by atoms with Crippen molar-refractivity contribution in [3.8, 4) is 0 Å². The van der Waals surface area contributed by atoms with Crippen LogP contribution in [0.15, 0.2) is 28.8 Å². The van der Waals surface area contributed by atoms with Crippen LogP contribution in [0.1, 0.15) is 5.56 Å². The molecular formula is C10H9N3O. The Kier molecular flexibility index (Phi) is 1.21. The van der Waals surface area contributed by atoms with Gasteiger partial charge in [0.15, 0.2) is 5.88 Å². The number of pyridine rings is 1. The number of aromatic nitrogens is 2. The topological polar surface area (TPSA) is 56.5 Å². The number of hydrogen-bond acceptors (Lipinski definition) is 3. The summed E-state index contributed by atoms with van der Waals surface area (Å²) in [5.74, 6) is 0.445. The quantitative estimate of drug-likeness (QED) is 0.585. The molecule has 3 rings (SSSR count). The Morgan fingerprint density at radius 3 is 3.14 bits per heavy atom. The van der Waals surface area contributed by atoms with Crippen molar-refractivity contribution in [3.05, 3.63) is 30.0 Å². The van der Waals surface area contributed by atoms with Gasteiger partial charge in [-0.05, 0) is 19.1 Å². The van der Waals surface area contributed by atoms with E-state index < -0.39 is 0 Å². The number of fused-ring (bicyclic) bond motifs is 3. The molecule has 3 aromatic heterocycles. The molecule has 0 saturated heterocycles. The van der Waals surface area contributed by atoms with Crippen molar-refractivity contribution in [2.45, 2.75) is 6.92 Å². The summed E-state index contributed by atoms with van der Waals surface area (Å²) in [5.41, 5.74) is 9.01. The third-order valence-corrected chi connectivity index (χ3v) is 2.42. The number of aryl methyl sites for hydroxylation is 1. The van der Waals surface area contributed by atoms with Crippen LogP contribution in [0.4, 0.5) is 5.88 Å². The molecule has 4 nitrogen and oxygen atoms in total. The molecule has 0 amide bonds. The summed E-state index contributed by atoms with van der Waals surface area (Å²) in [6.45, 7) is 1.91. The molecule has 0 saturated carbocycles. The lowest BCUT2D eigenvalue weighted by Gasteiger charge is -1.90. The number of nitrogens with two attached hydrogens (primary N) is 1. The fraction of sp³-hybridized carbons (Fsp3) is 0.100. The number of anilines is 1. The van der Waals surface area contributed by atoms with E-state index >= 15 is 0 Å². The maximum absolute atomic E-state index is 5.67. The first kappa shape index (κ1) is 7.44. The second-order valence-corrected chi connectivity index (χ2v) is 3.29. The lowest BCUT2D eigenvalue weighted by Crippen LogP contribution is -1.84. The van der Waals surface area contributed by atoms with Crippen molar-refractivity contribution in [3.63, 3.8) is 0 Å². The normalized spacial score (nSPS) is 11.5. The van der Waals surface area contributed by atoms with Crippen molar-refractivity contribution in [2.24, 2.45) is 0 Å². The van der Waals surface area contributed by atoms with Gasteiger partial charge in [0.2, 0.25) is 5.71 Å². The van der Waals surface area contributed by atoms with Gasteiger partial charge in [-0.2, -0.15) is 0 Å². The van der Waals surface area contributed by atoms with E-state index in [1.54, 1.807) is 0 Å². The van der Waals surface area contributed by atoms with Crippen LogP contribution in [0.3, 0.4) is 0 Å². The van der Waals surface area contributed by atoms with E-state index in [4.69, 9.17) is 10.2 Å². The zero-order valence-electron chi connectivity index (χ0n) is 7.69. The first-order chi connectivity index (χ1) is 6.77. The maximum Gasteiger partial charge on any atom is 0.234 e. The molecule has 0 bridgehead atoms. The Morgan fingerprint density at radius 2 is 2.29 bits per heavy atom. The Hall–Kier alpha value is -1.97. The molecule has 0 atom stereocenters. The second-order valence-electron chi connectivity index (χ2n) is 3.29. The van der Waals surface area contributed by atoms with E-state index in [0.717, 1.165) is 22.4 Å². The maximum atomic E-state index is 5.67. The monoisotopic (exact) mass is 187 g/mol. The van der Waals surface area contributed by atoms with Crippen LogP contribution >= 0.6 is 0 Å². The van der Waals surface area contributed by atoms with Gasteiger partial charge >= 0.3 is 0 Å². The van der Waals surface area contributed by atoms with Crippen molar-refractivity contribution in [2.75, 3.05) is 5.73 Å². The van der Waals surface area contributed by atoms with Crippen LogP contribution in [-0.2, 0) is 0 Å². The molecular weight excluding hydrogens is 178 g/mol. The predicted molar refractivity (Wildman–Crippen MR) is 54.1 cm³/mol. The van der Waals surface area contributed by atoms with Crippen LogP contribution < -0.4 is 5.73 Å². The van der Waals surface area contributed by atoms with Gasteiger partial charge in [0.1, 0.15) is 11.2 Å². The predicted octanol–water partition coefficient (Wildman–Crippen LogP) is 1.97. The molecule has 3 heterocycles. The molecule has 0 aliphatic rings. The smallest absolute Gasteiger partial charge is 0.234 e. The molecule has 0 radical (unpaired) electrons. The van der Waals surface area contributed by atoms with E-state index in [2.05, 4.69) is 4.98 Å². The van der Waals surface area contributed by atoms with Crippen LogP contribution in [0.25, 0.3) is 16.9 Å². The van der Waals surface area contributed by atoms with E-state index in [1.807, 2.05) is 35.7 Å². The van der Waals surface area contributed by atoms with Crippen LogP contribution in [-0.4, -0.2) is 9.38 Å². The van der Waals surface area contributed by atoms with Gasteiger partial charge in [0.05, 0.1) is 0 Å². The highest BCUT2D eigenvalue weighted by Gasteiger charge is 2.13. The first-order valence-electron chi connectivity index (χ1n) is 4.39. The van der Waals surface area contributed by atoms with Gasteiger partial charge in [0, 0.05) is 11.8 Å². The molecule has 0 aromatic carbocycles. The van der Waals surface area contributed by atoms with Gasteiger partial charge < -0.3 is 10.2 Å². The third kappa shape index (κ3) is 0.750. The SMILES string of the molecule is Cc1c(N)oc2c1nc1ccccn12. The fourth-order valence-corrected chi connectivity index (χ4v) is 1.61. The zero-order chi connectivity index (χ0) is 9.71. The lowest BCUT2D eigenvalue weighted by molar-refractivity contribution is 0.617. The van der Waals surface area contributed by atoms with Gasteiger partial charge in [-0.3, -0.25) is 4.40 Å². The summed E-state index contributed by atoms with van der Waals surface area (Å²) >= 11 is 0. The van der Waals surface area contributed by atoms with Crippen molar-refractivity contribution in [1.29, 1.82) is 0 Å². The van der Waals surface area contributed by atoms with Crippen molar-refractivity contribution < 1.29 is 4.42 Å². The Morgan fingerprint density at radius 1 is 1.43 bits per heavy atom. The van der Waals surface area contributed by atoms with Crippen LogP contribution in [0, 0.1) is 6.92 Å². The molecule has 2 N–H and O–H groups in total. The summed E-state index contributed by atoms with van der Waals surface area (Å²) < 4.78 is 7.32. The Balaban J connectivity index is 2.60. The molecule has 70 valence electrons. The lowest BCUT2D eigenvalue weighted by atomic mass is 10.3. The summed E-state index contributed by atoms with van der Waals surface area (Å²) in [5, 5.41) is 0. The number of hydrogen-bond donors (Lipinski definition) is 1. The largest absolute Gasteiger partial charge is 0.422 e. The highest BCUT2D eigenvalue weighted by molar-refractivity contribution is 5.82. The average molecular weight is 187 g/mol. The minimum absolute atomic E-state index is 0.445. The highest BCUT2D eigenvalue weighted by Crippen LogP contribution is 2.26. The number of nitrogen functional groups attached to an aromatic ring is 1. The summed E-state index contributed by atoms with van der Waals surface area (Å²) in [4.78, 5) is 4.42. The van der Waals surface area contributed by atoms with E-state index in [-0.39, 0.29) is 0 Å². The molecule has 0 spiro atoms. The molecule has 0 aliphatic carbocycles.